The Bertz CT molecular complexity index is 571. The van der Waals surface area contributed by atoms with Crippen LogP contribution in [-0.2, 0) is 4.79 Å². The standard InChI is InChI=1S/C12H13N5OS/c18-11-7-6-9(13-11)8-19-12-14-15-16-17(12)10-4-2-1-3-5-10/h1-5,9H,6-8H2,(H,13,18)/t9-/m1/s1. The molecular weight excluding hydrogens is 262 g/mol. The van der Waals surface area contributed by atoms with Crippen LogP contribution < -0.4 is 5.32 Å². The van der Waals surface area contributed by atoms with Crippen molar-refractivity contribution in [3.05, 3.63) is 30.3 Å². The van der Waals surface area contributed by atoms with Gasteiger partial charge in [0.1, 0.15) is 0 Å². The third-order valence-corrected chi connectivity index (χ3v) is 4.02. The van der Waals surface area contributed by atoms with Crippen LogP contribution in [0.4, 0.5) is 0 Å². The Morgan fingerprint density at radius 2 is 2.21 bits per heavy atom. The number of rotatable bonds is 4. The molecule has 0 aliphatic carbocycles. The normalized spacial score (nSPS) is 18.5. The number of hydrogen-bond donors (Lipinski definition) is 1. The van der Waals surface area contributed by atoms with Crippen LogP contribution in [0.1, 0.15) is 12.8 Å². The molecule has 0 saturated carbocycles. The minimum atomic E-state index is 0.133. The Morgan fingerprint density at radius 3 is 2.95 bits per heavy atom. The third-order valence-electron chi connectivity index (χ3n) is 2.94. The van der Waals surface area contributed by atoms with Gasteiger partial charge in [0.15, 0.2) is 0 Å². The molecule has 0 unspecified atom stereocenters. The van der Waals surface area contributed by atoms with Crippen molar-refractivity contribution in [3.8, 4) is 5.69 Å². The fourth-order valence-corrected chi connectivity index (χ4v) is 2.94. The number of carbonyl (C=O) groups is 1. The highest BCUT2D eigenvalue weighted by Gasteiger charge is 2.21. The van der Waals surface area contributed by atoms with Gasteiger partial charge in [0.05, 0.1) is 5.69 Å². The summed E-state index contributed by atoms with van der Waals surface area (Å²) < 4.78 is 1.71. The summed E-state index contributed by atoms with van der Waals surface area (Å²) in [5.41, 5.74) is 0.936. The quantitative estimate of drug-likeness (QED) is 0.844. The van der Waals surface area contributed by atoms with Gasteiger partial charge in [-0.3, -0.25) is 4.79 Å². The van der Waals surface area contributed by atoms with Crippen molar-refractivity contribution in [2.75, 3.05) is 5.75 Å². The van der Waals surface area contributed by atoms with Crippen LogP contribution in [0.25, 0.3) is 5.69 Å². The summed E-state index contributed by atoms with van der Waals surface area (Å²) in [7, 11) is 0. The van der Waals surface area contributed by atoms with Crippen LogP contribution in [0.3, 0.4) is 0 Å². The van der Waals surface area contributed by atoms with Crippen molar-refractivity contribution in [1.82, 2.24) is 25.5 Å². The van der Waals surface area contributed by atoms with Crippen molar-refractivity contribution in [2.45, 2.75) is 24.0 Å². The average Bonchev–Trinajstić information content (AvgIpc) is 3.06. The lowest BCUT2D eigenvalue weighted by atomic mass is 10.2. The zero-order valence-electron chi connectivity index (χ0n) is 10.2. The third kappa shape index (κ3) is 2.76. The highest BCUT2D eigenvalue weighted by molar-refractivity contribution is 7.99. The van der Waals surface area contributed by atoms with Crippen molar-refractivity contribution < 1.29 is 4.79 Å². The van der Waals surface area contributed by atoms with Gasteiger partial charge in [-0.2, -0.15) is 4.68 Å². The van der Waals surface area contributed by atoms with E-state index in [1.807, 2.05) is 30.3 Å². The van der Waals surface area contributed by atoms with E-state index in [-0.39, 0.29) is 11.9 Å². The Kier molecular flexibility index (Phi) is 3.45. The van der Waals surface area contributed by atoms with Crippen LogP contribution in [0.2, 0.25) is 0 Å². The molecule has 2 heterocycles. The van der Waals surface area contributed by atoms with Gasteiger partial charge < -0.3 is 5.32 Å². The van der Waals surface area contributed by atoms with Gasteiger partial charge in [-0.1, -0.05) is 30.0 Å². The fourth-order valence-electron chi connectivity index (χ4n) is 1.98. The van der Waals surface area contributed by atoms with Gasteiger partial charge in [0.2, 0.25) is 11.1 Å². The van der Waals surface area contributed by atoms with E-state index in [9.17, 15) is 4.79 Å². The number of para-hydroxylation sites is 1. The molecule has 0 bridgehead atoms. The SMILES string of the molecule is O=C1CC[C@H](CSc2nnnn2-c2ccccc2)N1. The van der Waals surface area contributed by atoms with Gasteiger partial charge in [0.25, 0.3) is 0 Å². The maximum absolute atomic E-state index is 11.1. The molecule has 1 saturated heterocycles. The second kappa shape index (κ2) is 5.40. The summed E-state index contributed by atoms with van der Waals surface area (Å²) >= 11 is 1.56. The molecule has 0 radical (unpaired) electrons. The Labute approximate surface area is 114 Å². The maximum atomic E-state index is 11.1. The lowest BCUT2D eigenvalue weighted by molar-refractivity contribution is -0.119. The van der Waals surface area contributed by atoms with Crippen LogP contribution in [0.15, 0.2) is 35.5 Å². The van der Waals surface area contributed by atoms with E-state index in [4.69, 9.17) is 0 Å². The van der Waals surface area contributed by atoms with Crippen LogP contribution in [-0.4, -0.2) is 37.9 Å². The van der Waals surface area contributed by atoms with Gasteiger partial charge >= 0.3 is 0 Å². The molecule has 1 atom stereocenters. The monoisotopic (exact) mass is 275 g/mol. The number of carbonyl (C=O) groups excluding carboxylic acids is 1. The predicted molar refractivity (Wildman–Crippen MR) is 71.0 cm³/mol. The molecule has 3 rings (SSSR count). The highest BCUT2D eigenvalue weighted by Crippen LogP contribution is 2.21. The summed E-state index contributed by atoms with van der Waals surface area (Å²) in [4.78, 5) is 11.1. The lowest BCUT2D eigenvalue weighted by Gasteiger charge is -2.08. The first-order valence-electron chi connectivity index (χ1n) is 6.09. The number of nitrogens with one attached hydrogen (secondary N) is 1. The maximum Gasteiger partial charge on any atom is 0.220 e. The Hall–Kier alpha value is -1.89. The zero-order chi connectivity index (χ0) is 13.1. The van der Waals surface area contributed by atoms with E-state index in [2.05, 4.69) is 20.8 Å². The van der Waals surface area contributed by atoms with Crippen molar-refractivity contribution in [2.24, 2.45) is 0 Å². The molecule has 1 aromatic carbocycles. The molecular formula is C12H13N5OS. The zero-order valence-corrected chi connectivity index (χ0v) is 11.0. The molecule has 1 amide bonds. The van der Waals surface area contributed by atoms with E-state index in [0.29, 0.717) is 6.42 Å². The number of thioether (sulfide) groups is 1. The summed E-state index contributed by atoms with van der Waals surface area (Å²) in [5, 5.41) is 15.4. The van der Waals surface area contributed by atoms with E-state index in [1.54, 1.807) is 16.4 Å². The minimum Gasteiger partial charge on any atom is -0.353 e. The molecule has 2 aromatic rings. The second-order valence-corrected chi connectivity index (χ2v) is 5.31. The van der Waals surface area contributed by atoms with Crippen molar-refractivity contribution in [1.29, 1.82) is 0 Å². The first-order valence-corrected chi connectivity index (χ1v) is 7.07. The number of nitrogens with zero attached hydrogens (tertiary/aromatic N) is 4. The van der Waals surface area contributed by atoms with Crippen LogP contribution in [0.5, 0.6) is 0 Å². The van der Waals surface area contributed by atoms with Crippen LogP contribution in [0, 0.1) is 0 Å². The molecule has 1 aliphatic rings. The van der Waals surface area contributed by atoms with E-state index in [0.717, 1.165) is 23.0 Å². The minimum absolute atomic E-state index is 0.133. The molecule has 98 valence electrons. The average molecular weight is 275 g/mol. The summed E-state index contributed by atoms with van der Waals surface area (Å²) in [6.07, 6.45) is 1.51. The molecule has 1 aromatic heterocycles. The van der Waals surface area contributed by atoms with Gasteiger partial charge in [0, 0.05) is 18.2 Å². The smallest absolute Gasteiger partial charge is 0.220 e. The van der Waals surface area contributed by atoms with E-state index < -0.39 is 0 Å². The van der Waals surface area contributed by atoms with E-state index in [1.165, 1.54) is 0 Å². The molecule has 1 aliphatic heterocycles. The number of tetrazole rings is 1. The molecule has 6 nitrogen and oxygen atoms in total. The lowest BCUT2D eigenvalue weighted by Crippen LogP contribution is -2.27. The number of hydrogen-bond acceptors (Lipinski definition) is 5. The number of aromatic nitrogens is 4. The molecule has 0 spiro atoms. The van der Waals surface area contributed by atoms with Gasteiger partial charge in [-0.15, -0.1) is 5.10 Å². The fraction of sp³-hybridized carbons (Fsp3) is 0.333. The molecule has 1 N–H and O–H groups in total. The first-order chi connectivity index (χ1) is 9.33. The summed E-state index contributed by atoms with van der Waals surface area (Å²) in [6, 6.07) is 9.98. The van der Waals surface area contributed by atoms with E-state index >= 15 is 0 Å². The number of amides is 1. The topological polar surface area (TPSA) is 72.7 Å². The van der Waals surface area contributed by atoms with Crippen molar-refractivity contribution in [3.63, 3.8) is 0 Å². The molecule has 19 heavy (non-hydrogen) atoms. The molecule has 1 fully saturated rings. The number of benzene rings is 1. The highest BCUT2D eigenvalue weighted by atomic mass is 32.2. The second-order valence-electron chi connectivity index (χ2n) is 4.32. The summed E-state index contributed by atoms with van der Waals surface area (Å²) in [6.45, 7) is 0. The molecule has 7 heteroatoms. The van der Waals surface area contributed by atoms with Crippen LogP contribution >= 0.6 is 11.8 Å². The first kappa shape index (κ1) is 12.2. The Balaban J connectivity index is 1.69. The summed E-state index contributed by atoms with van der Waals surface area (Å²) in [5.74, 6) is 0.923. The van der Waals surface area contributed by atoms with Crippen molar-refractivity contribution >= 4 is 17.7 Å². The van der Waals surface area contributed by atoms with Gasteiger partial charge in [-0.25, -0.2) is 0 Å². The predicted octanol–water partition coefficient (Wildman–Crippen LogP) is 1.03. The Morgan fingerprint density at radius 1 is 1.37 bits per heavy atom. The largest absolute Gasteiger partial charge is 0.353 e. The van der Waals surface area contributed by atoms with Gasteiger partial charge in [-0.05, 0) is 29.0 Å².